The minimum absolute atomic E-state index is 0.0336. The average molecular weight is 532 g/mol. The van der Waals surface area contributed by atoms with Gasteiger partial charge in [-0.15, -0.1) is 0 Å². The van der Waals surface area contributed by atoms with Crippen LogP contribution in [0.5, 0.6) is 0 Å². The molecule has 6 nitrogen and oxygen atoms in total. The number of nitrogens with one attached hydrogen (secondary N) is 2. The van der Waals surface area contributed by atoms with Crippen molar-refractivity contribution in [1.29, 1.82) is 0 Å². The molecule has 38 heavy (non-hydrogen) atoms. The van der Waals surface area contributed by atoms with E-state index in [4.69, 9.17) is 0 Å². The highest BCUT2D eigenvalue weighted by atomic mass is 19.1. The minimum atomic E-state index is -1.01. The number of hydrogen-bond donors (Lipinski definition) is 3. The molecule has 0 aromatic heterocycles. The van der Waals surface area contributed by atoms with Crippen LogP contribution in [0.4, 0.5) is 8.78 Å². The molecule has 2 aromatic carbocycles. The molecular weight excluding hydrogens is 488 g/mol. The van der Waals surface area contributed by atoms with Crippen molar-refractivity contribution >= 4 is 11.8 Å². The SMILES string of the molecule is CCCN(CCC)C(=O)c1cc(C)cc(C(=O)N[C@@H](Cc2cc(F)cc(F)c2)[C@H](O)CNCCC(C)C)c1. The number of nitrogens with zero attached hydrogens (tertiary/aromatic N) is 1. The van der Waals surface area contributed by atoms with Crippen molar-refractivity contribution in [2.45, 2.75) is 72.4 Å². The van der Waals surface area contributed by atoms with Crippen LogP contribution in [0.3, 0.4) is 0 Å². The predicted molar refractivity (Wildman–Crippen MR) is 147 cm³/mol. The topological polar surface area (TPSA) is 81.7 Å². The van der Waals surface area contributed by atoms with Crippen molar-refractivity contribution in [2.75, 3.05) is 26.2 Å². The van der Waals surface area contributed by atoms with Gasteiger partial charge in [-0.05, 0) is 86.5 Å². The van der Waals surface area contributed by atoms with Gasteiger partial charge >= 0.3 is 0 Å². The zero-order chi connectivity index (χ0) is 28.2. The van der Waals surface area contributed by atoms with Crippen LogP contribution in [0.25, 0.3) is 0 Å². The Balaban J connectivity index is 2.27. The Bertz CT molecular complexity index is 1030. The smallest absolute Gasteiger partial charge is 0.253 e. The van der Waals surface area contributed by atoms with E-state index < -0.39 is 29.7 Å². The van der Waals surface area contributed by atoms with Crippen molar-refractivity contribution in [2.24, 2.45) is 5.92 Å². The summed E-state index contributed by atoms with van der Waals surface area (Å²) in [6.07, 6.45) is 1.61. The number of carbonyl (C=O) groups excluding carboxylic acids is 2. The van der Waals surface area contributed by atoms with Crippen LogP contribution < -0.4 is 10.6 Å². The molecule has 2 amide bonds. The Kier molecular flexibility index (Phi) is 12.8. The van der Waals surface area contributed by atoms with Gasteiger partial charge in [0.25, 0.3) is 11.8 Å². The number of carbonyl (C=O) groups is 2. The maximum absolute atomic E-state index is 13.8. The summed E-state index contributed by atoms with van der Waals surface area (Å²) in [4.78, 5) is 28.3. The summed E-state index contributed by atoms with van der Waals surface area (Å²) in [5.74, 6) is -1.55. The number of halogens is 2. The lowest BCUT2D eigenvalue weighted by molar-refractivity contribution is 0.0755. The van der Waals surface area contributed by atoms with Gasteiger partial charge in [-0.1, -0.05) is 27.7 Å². The monoisotopic (exact) mass is 531 g/mol. The third-order valence-electron chi connectivity index (χ3n) is 6.27. The molecule has 3 N–H and O–H groups in total. The van der Waals surface area contributed by atoms with Crippen molar-refractivity contribution in [1.82, 2.24) is 15.5 Å². The van der Waals surface area contributed by atoms with Crippen LogP contribution in [0.1, 0.15) is 78.8 Å². The standard InChI is InChI=1S/C30H43F2N3O3/c1-6-10-35(11-7-2)30(38)24-13-21(5)12-23(17-24)29(37)34-27(28(36)19-33-9-8-20(3)4)16-22-14-25(31)18-26(32)15-22/h12-15,17-18,20,27-28,33,36H,6-11,16,19H2,1-5H3,(H,34,37)/t27-,28+/m0/s1. The van der Waals surface area contributed by atoms with Crippen LogP contribution in [-0.2, 0) is 6.42 Å². The number of aliphatic hydroxyl groups excluding tert-OH is 1. The second kappa shape index (κ2) is 15.5. The first-order chi connectivity index (χ1) is 18.0. The number of aliphatic hydroxyl groups is 1. The fraction of sp³-hybridized carbons (Fsp3) is 0.533. The van der Waals surface area contributed by atoms with Gasteiger partial charge in [-0.25, -0.2) is 8.78 Å². The summed E-state index contributed by atoms with van der Waals surface area (Å²) in [5.41, 5.74) is 1.80. The highest BCUT2D eigenvalue weighted by Crippen LogP contribution is 2.16. The van der Waals surface area contributed by atoms with Crippen LogP contribution >= 0.6 is 0 Å². The first kappa shape index (κ1) is 31.4. The Hall–Kier alpha value is -2.84. The third kappa shape index (κ3) is 10.1. The Morgan fingerprint density at radius 1 is 0.947 bits per heavy atom. The Labute approximate surface area is 225 Å². The largest absolute Gasteiger partial charge is 0.390 e. The molecule has 0 bridgehead atoms. The van der Waals surface area contributed by atoms with E-state index in [-0.39, 0.29) is 24.4 Å². The van der Waals surface area contributed by atoms with Crippen LogP contribution in [0.15, 0.2) is 36.4 Å². The number of benzene rings is 2. The quantitative estimate of drug-likeness (QED) is 0.286. The van der Waals surface area contributed by atoms with E-state index in [2.05, 4.69) is 24.5 Å². The zero-order valence-electron chi connectivity index (χ0n) is 23.3. The minimum Gasteiger partial charge on any atom is -0.390 e. The second-order valence-electron chi connectivity index (χ2n) is 10.4. The molecule has 2 atom stereocenters. The van der Waals surface area contributed by atoms with Crippen LogP contribution in [0, 0.1) is 24.5 Å². The van der Waals surface area contributed by atoms with Gasteiger partial charge in [0, 0.05) is 36.8 Å². The molecule has 0 aliphatic carbocycles. The first-order valence-corrected chi connectivity index (χ1v) is 13.6. The van der Waals surface area contributed by atoms with Crippen molar-refractivity contribution in [3.05, 3.63) is 70.3 Å². The van der Waals surface area contributed by atoms with Crippen molar-refractivity contribution < 1.29 is 23.5 Å². The maximum Gasteiger partial charge on any atom is 0.253 e. The van der Waals surface area contributed by atoms with Gasteiger partial charge in [-0.2, -0.15) is 0 Å². The van der Waals surface area contributed by atoms with Gasteiger partial charge in [0.15, 0.2) is 0 Å². The zero-order valence-corrected chi connectivity index (χ0v) is 23.3. The highest BCUT2D eigenvalue weighted by molar-refractivity contribution is 6.00. The molecule has 0 saturated heterocycles. The lowest BCUT2D eigenvalue weighted by atomic mass is 9.99. The number of rotatable bonds is 15. The maximum atomic E-state index is 13.8. The van der Waals surface area contributed by atoms with E-state index in [1.807, 2.05) is 20.8 Å². The molecule has 2 aromatic rings. The van der Waals surface area contributed by atoms with E-state index >= 15 is 0 Å². The molecule has 8 heteroatoms. The van der Waals surface area contributed by atoms with Gasteiger partial charge in [0.2, 0.25) is 0 Å². The second-order valence-corrected chi connectivity index (χ2v) is 10.4. The van der Waals surface area contributed by atoms with E-state index in [1.54, 1.807) is 23.1 Å². The van der Waals surface area contributed by atoms with Crippen molar-refractivity contribution in [3.8, 4) is 0 Å². The molecule has 0 aliphatic heterocycles. The molecule has 0 radical (unpaired) electrons. The molecule has 210 valence electrons. The molecule has 0 saturated carbocycles. The fourth-order valence-corrected chi connectivity index (χ4v) is 4.38. The average Bonchev–Trinajstić information content (AvgIpc) is 2.84. The summed E-state index contributed by atoms with van der Waals surface area (Å²) < 4.78 is 27.7. The van der Waals surface area contributed by atoms with Gasteiger partial charge in [0.05, 0.1) is 12.1 Å². The summed E-state index contributed by atoms with van der Waals surface area (Å²) in [6, 6.07) is 7.37. The first-order valence-electron chi connectivity index (χ1n) is 13.6. The molecule has 0 fully saturated rings. The molecule has 0 aliphatic rings. The lowest BCUT2D eigenvalue weighted by Crippen LogP contribution is -2.49. The van der Waals surface area contributed by atoms with E-state index in [0.29, 0.717) is 36.7 Å². The Morgan fingerprint density at radius 2 is 1.55 bits per heavy atom. The fourth-order valence-electron chi connectivity index (χ4n) is 4.38. The van der Waals surface area contributed by atoms with Crippen LogP contribution in [0.2, 0.25) is 0 Å². The number of amides is 2. The van der Waals surface area contributed by atoms with Gasteiger partial charge < -0.3 is 20.6 Å². The van der Waals surface area contributed by atoms with Crippen molar-refractivity contribution in [3.63, 3.8) is 0 Å². The van der Waals surface area contributed by atoms with E-state index in [0.717, 1.165) is 30.9 Å². The third-order valence-corrected chi connectivity index (χ3v) is 6.27. The molecule has 2 rings (SSSR count). The Morgan fingerprint density at radius 3 is 2.13 bits per heavy atom. The molecular formula is C30H43F2N3O3. The summed E-state index contributed by atoms with van der Waals surface area (Å²) in [7, 11) is 0. The normalized spacial score (nSPS) is 12.9. The lowest BCUT2D eigenvalue weighted by Gasteiger charge is -2.25. The summed E-state index contributed by atoms with van der Waals surface area (Å²) in [5, 5.41) is 17.0. The molecule has 0 spiro atoms. The van der Waals surface area contributed by atoms with Crippen LogP contribution in [-0.4, -0.2) is 60.1 Å². The van der Waals surface area contributed by atoms with E-state index in [9.17, 15) is 23.5 Å². The highest BCUT2D eigenvalue weighted by Gasteiger charge is 2.24. The molecule has 0 unspecified atom stereocenters. The number of hydrogen-bond acceptors (Lipinski definition) is 4. The predicted octanol–water partition coefficient (Wildman–Crippen LogP) is 4.87. The van der Waals surface area contributed by atoms with E-state index in [1.165, 1.54) is 12.1 Å². The molecule has 0 heterocycles. The summed E-state index contributed by atoms with van der Waals surface area (Å²) >= 11 is 0. The summed E-state index contributed by atoms with van der Waals surface area (Å²) in [6.45, 7) is 12.2. The van der Waals surface area contributed by atoms with Gasteiger partial charge in [-0.3, -0.25) is 9.59 Å². The number of aryl methyl sites for hydroxylation is 1. The van der Waals surface area contributed by atoms with Gasteiger partial charge in [0.1, 0.15) is 11.6 Å².